The molecule has 0 heterocycles. The zero-order valence-electron chi connectivity index (χ0n) is 17.9. The van der Waals surface area contributed by atoms with Gasteiger partial charge in [-0.25, -0.2) is 8.78 Å². The second-order valence-corrected chi connectivity index (χ2v) is 7.52. The smallest absolute Gasteiger partial charge is 0.243 e. The average Bonchev–Trinajstić information content (AvgIpc) is 2.79. The Morgan fingerprint density at radius 1 is 0.875 bits per heavy atom. The molecule has 0 spiro atoms. The Hall–Kier alpha value is -3.54. The van der Waals surface area contributed by atoms with Crippen LogP contribution in [0, 0.1) is 11.6 Å². The lowest BCUT2D eigenvalue weighted by Gasteiger charge is -2.31. The van der Waals surface area contributed by atoms with Crippen molar-refractivity contribution in [3.05, 3.63) is 107 Å². The van der Waals surface area contributed by atoms with Crippen LogP contribution < -0.4 is 5.32 Å². The topological polar surface area (TPSA) is 49.4 Å². The van der Waals surface area contributed by atoms with Crippen LogP contribution in [0.1, 0.15) is 23.6 Å². The van der Waals surface area contributed by atoms with E-state index in [9.17, 15) is 18.4 Å². The molecular formula is C26H26F2N2O2. The van der Waals surface area contributed by atoms with Crippen molar-refractivity contribution >= 4 is 11.8 Å². The number of hydrogen-bond acceptors (Lipinski definition) is 2. The van der Waals surface area contributed by atoms with Gasteiger partial charge in [0.15, 0.2) is 0 Å². The summed E-state index contributed by atoms with van der Waals surface area (Å²) in [5, 5.41) is 2.80. The highest BCUT2D eigenvalue weighted by Gasteiger charge is 2.30. The van der Waals surface area contributed by atoms with E-state index in [0.29, 0.717) is 17.7 Å². The summed E-state index contributed by atoms with van der Waals surface area (Å²) in [6.07, 6.45) is 0.260. The molecule has 4 nitrogen and oxygen atoms in total. The first-order valence-electron chi connectivity index (χ1n) is 10.6. The Morgan fingerprint density at radius 3 is 2.19 bits per heavy atom. The third-order valence-corrected chi connectivity index (χ3v) is 5.19. The fraction of sp³-hybridized carbons (Fsp3) is 0.231. The highest BCUT2D eigenvalue weighted by Crippen LogP contribution is 2.18. The van der Waals surface area contributed by atoms with E-state index in [1.165, 1.54) is 35.2 Å². The fourth-order valence-corrected chi connectivity index (χ4v) is 3.53. The Balaban J connectivity index is 1.95. The van der Waals surface area contributed by atoms with Crippen molar-refractivity contribution in [1.29, 1.82) is 0 Å². The summed E-state index contributed by atoms with van der Waals surface area (Å²) in [5.41, 5.74) is 1.82. The van der Waals surface area contributed by atoms with E-state index < -0.39 is 17.7 Å². The highest BCUT2D eigenvalue weighted by molar-refractivity contribution is 5.88. The lowest BCUT2D eigenvalue weighted by atomic mass is 10.0. The van der Waals surface area contributed by atoms with Gasteiger partial charge in [-0.3, -0.25) is 9.59 Å². The number of nitrogens with one attached hydrogen (secondary N) is 1. The van der Waals surface area contributed by atoms with Gasteiger partial charge >= 0.3 is 0 Å². The zero-order valence-corrected chi connectivity index (χ0v) is 17.9. The Kier molecular flexibility index (Phi) is 8.08. The van der Waals surface area contributed by atoms with Crippen LogP contribution in [0.25, 0.3) is 0 Å². The van der Waals surface area contributed by atoms with Crippen molar-refractivity contribution in [2.75, 3.05) is 6.54 Å². The molecule has 0 aliphatic carbocycles. The van der Waals surface area contributed by atoms with Gasteiger partial charge in [0.25, 0.3) is 0 Å². The maximum atomic E-state index is 14.4. The molecule has 6 heteroatoms. The molecule has 0 aromatic heterocycles. The van der Waals surface area contributed by atoms with Gasteiger partial charge in [0, 0.05) is 25.1 Å². The molecule has 0 fully saturated rings. The summed E-state index contributed by atoms with van der Waals surface area (Å²) < 4.78 is 27.7. The molecule has 0 aliphatic heterocycles. The minimum Gasteiger partial charge on any atom is -0.355 e. The minimum atomic E-state index is -0.829. The van der Waals surface area contributed by atoms with Crippen LogP contribution in [0.3, 0.4) is 0 Å². The molecule has 0 saturated heterocycles. The maximum absolute atomic E-state index is 14.4. The maximum Gasteiger partial charge on any atom is 0.243 e. The van der Waals surface area contributed by atoms with Gasteiger partial charge in [-0.05, 0) is 36.2 Å². The molecule has 0 unspecified atom stereocenters. The minimum absolute atomic E-state index is 0.0283. The number of likely N-dealkylation sites (N-methyl/N-ethyl adjacent to an activating group) is 1. The number of nitrogens with zero attached hydrogens (tertiary/aromatic N) is 1. The van der Waals surface area contributed by atoms with Crippen LogP contribution in [-0.2, 0) is 29.0 Å². The van der Waals surface area contributed by atoms with E-state index in [1.54, 1.807) is 25.1 Å². The molecule has 2 amide bonds. The van der Waals surface area contributed by atoms with Gasteiger partial charge in [-0.1, -0.05) is 60.7 Å². The Labute approximate surface area is 186 Å². The van der Waals surface area contributed by atoms with Crippen LogP contribution in [0.15, 0.2) is 78.9 Å². The number of carbonyl (C=O) groups excluding carboxylic acids is 2. The first kappa shape index (κ1) is 23.1. The number of amides is 2. The molecule has 3 rings (SSSR count). The van der Waals surface area contributed by atoms with E-state index in [2.05, 4.69) is 5.32 Å². The summed E-state index contributed by atoms with van der Waals surface area (Å²) in [5.74, 6) is -1.48. The third kappa shape index (κ3) is 6.23. The summed E-state index contributed by atoms with van der Waals surface area (Å²) in [6.45, 7) is 2.16. The largest absolute Gasteiger partial charge is 0.355 e. The SMILES string of the molecule is CCNC(=O)[C@@H](Cc1ccccc1)N(Cc1ccccc1F)C(=O)Cc1ccc(F)cc1. The fourth-order valence-electron chi connectivity index (χ4n) is 3.53. The van der Waals surface area contributed by atoms with Crippen LogP contribution in [0.2, 0.25) is 0 Å². The summed E-state index contributed by atoms with van der Waals surface area (Å²) in [7, 11) is 0. The van der Waals surface area contributed by atoms with Crippen molar-refractivity contribution in [3.8, 4) is 0 Å². The Morgan fingerprint density at radius 2 is 1.53 bits per heavy atom. The zero-order chi connectivity index (χ0) is 22.9. The quantitative estimate of drug-likeness (QED) is 0.544. The van der Waals surface area contributed by atoms with Crippen LogP contribution in [0.5, 0.6) is 0 Å². The van der Waals surface area contributed by atoms with Crippen LogP contribution in [-0.4, -0.2) is 29.3 Å². The second-order valence-electron chi connectivity index (χ2n) is 7.52. The molecule has 0 aliphatic rings. The van der Waals surface area contributed by atoms with Gasteiger partial charge in [0.1, 0.15) is 17.7 Å². The molecule has 0 saturated carbocycles. The molecule has 32 heavy (non-hydrogen) atoms. The molecule has 0 radical (unpaired) electrons. The lowest BCUT2D eigenvalue weighted by molar-refractivity contribution is -0.140. The van der Waals surface area contributed by atoms with E-state index in [1.807, 2.05) is 30.3 Å². The van der Waals surface area contributed by atoms with Crippen LogP contribution in [0.4, 0.5) is 8.78 Å². The molecule has 3 aromatic carbocycles. The molecule has 166 valence electrons. The first-order valence-corrected chi connectivity index (χ1v) is 10.6. The summed E-state index contributed by atoms with van der Waals surface area (Å²) in [4.78, 5) is 27.8. The number of carbonyl (C=O) groups is 2. The predicted molar refractivity (Wildman–Crippen MR) is 120 cm³/mol. The average molecular weight is 437 g/mol. The van der Waals surface area contributed by atoms with Gasteiger partial charge in [-0.2, -0.15) is 0 Å². The predicted octanol–water partition coefficient (Wildman–Crippen LogP) is 4.28. The van der Waals surface area contributed by atoms with Gasteiger partial charge in [0.05, 0.1) is 6.42 Å². The van der Waals surface area contributed by atoms with E-state index in [-0.39, 0.29) is 31.2 Å². The summed E-state index contributed by atoms with van der Waals surface area (Å²) in [6, 6.07) is 20.4. The Bertz CT molecular complexity index is 1040. The van der Waals surface area contributed by atoms with Gasteiger partial charge < -0.3 is 10.2 Å². The molecule has 1 N–H and O–H groups in total. The summed E-state index contributed by atoms with van der Waals surface area (Å²) >= 11 is 0. The standard InChI is InChI=1S/C26H26F2N2O2/c1-2-29-26(32)24(16-19-8-4-3-5-9-19)30(18-21-10-6-7-11-23(21)28)25(31)17-20-12-14-22(27)15-13-20/h3-15,24H,2,16-18H2,1H3,(H,29,32)/t24-/m1/s1. The number of benzene rings is 3. The molecular weight excluding hydrogens is 410 g/mol. The highest BCUT2D eigenvalue weighted by atomic mass is 19.1. The van der Waals surface area contributed by atoms with E-state index in [0.717, 1.165) is 5.56 Å². The van der Waals surface area contributed by atoms with Gasteiger partial charge in [-0.15, -0.1) is 0 Å². The molecule has 0 bridgehead atoms. The molecule has 1 atom stereocenters. The second kappa shape index (κ2) is 11.2. The van der Waals surface area contributed by atoms with Crippen LogP contribution >= 0.6 is 0 Å². The van der Waals surface area contributed by atoms with Crippen molar-refractivity contribution in [3.63, 3.8) is 0 Å². The van der Waals surface area contributed by atoms with E-state index >= 15 is 0 Å². The number of hydrogen-bond donors (Lipinski definition) is 1. The normalized spacial score (nSPS) is 11.6. The monoisotopic (exact) mass is 436 g/mol. The van der Waals surface area contributed by atoms with Crippen molar-refractivity contribution < 1.29 is 18.4 Å². The lowest BCUT2D eigenvalue weighted by Crippen LogP contribution is -2.51. The van der Waals surface area contributed by atoms with Crippen molar-refractivity contribution in [1.82, 2.24) is 10.2 Å². The first-order chi connectivity index (χ1) is 15.5. The van der Waals surface area contributed by atoms with Crippen molar-refractivity contribution in [2.45, 2.75) is 32.4 Å². The van der Waals surface area contributed by atoms with Gasteiger partial charge in [0.2, 0.25) is 11.8 Å². The number of halogens is 2. The number of rotatable bonds is 9. The van der Waals surface area contributed by atoms with E-state index in [4.69, 9.17) is 0 Å². The third-order valence-electron chi connectivity index (χ3n) is 5.19. The molecule has 3 aromatic rings. The van der Waals surface area contributed by atoms with Crippen molar-refractivity contribution in [2.24, 2.45) is 0 Å².